The van der Waals surface area contributed by atoms with Crippen LogP contribution in [0.25, 0.3) is 16.3 Å². The van der Waals surface area contributed by atoms with Crippen LogP contribution in [0.5, 0.6) is 0 Å². The van der Waals surface area contributed by atoms with Gasteiger partial charge in [0.25, 0.3) is 0 Å². The molecule has 1 aliphatic carbocycles. The molecule has 3 N–H and O–H groups in total. The van der Waals surface area contributed by atoms with E-state index in [9.17, 15) is 39.1 Å². The second-order valence-corrected chi connectivity index (χ2v) is 11.8. The van der Waals surface area contributed by atoms with Crippen molar-refractivity contribution in [3.63, 3.8) is 0 Å². The minimum atomic E-state index is -5.31. The van der Waals surface area contributed by atoms with Gasteiger partial charge >= 0.3 is 27.0 Å². The molecule has 0 aliphatic heterocycles. The van der Waals surface area contributed by atoms with Crippen LogP contribution in [0, 0.1) is 0 Å². The summed E-state index contributed by atoms with van der Waals surface area (Å²) < 4.78 is 124. The van der Waals surface area contributed by atoms with Gasteiger partial charge in [-0.1, -0.05) is 60.7 Å². The van der Waals surface area contributed by atoms with Gasteiger partial charge in [0.2, 0.25) is 0 Å². The standard InChI is InChI=1S/C28H24F3NO9S2/c29-28(30,31)20-8-3-5-17(13-20)16-39-25-23(19-11-12-32-15-19)14-24(22-10-4-7-18-6-1-2-9-21(18)22)26(40-42(33,34)35)27(25)41-43(36,37)38/h1-15,23,25-27,32H,16H2,(H,33,34,35)(H,36,37,38)/t23-,25-,26-,27+/m1/s1. The Morgan fingerprint density at radius 3 is 2.21 bits per heavy atom. The molecule has 0 radical (unpaired) electrons. The highest BCUT2D eigenvalue weighted by molar-refractivity contribution is 7.81. The van der Waals surface area contributed by atoms with E-state index in [1.165, 1.54) is 12.1 Å². The third-order valence-corrected chi connectivity index (χ3v) is 7.82. The number of H-pyrrole nitrogens is 1. The molecule has 1 heterocycles. The zero-order valence-electron chi connectivity index (χ0n) is 21.9. The van der Waals surface area contributed by atoms with Crippen LogP contribution in [0.1, 0.15) is 28.2 Å². The minimum absolute atomic E-state index is 0.0596. The van der Waals surface area contributed by atoms with Crippen LogP contribution in [-0.2, 0) is 46.7 Å². The van der Waals surface area contributed by atoms with Gasteiger partial charge in [-0.3, -0.25) is 9.11 Å². The Morgan fingerprint density at radius 2 is 1.53 bits per heavy atom. The van der Waals surface area contributed by atoms with E-state index in [2.05, 4.69) is 4.98 Å². The summed E-state index contributed by atoms with van der Waals surface area (Å²) in [6.07, 6.45) is -5.32. The van der Waals surface area contributed by atoms with E-state index >= 15 is 0 Å². The number of rotatable bonds is 9. The molecule has 0 bridgehead atoms. The molecule has 43 heavy (non-hydrogen) atoms. The normalized spacial score (nSPS) is 21.6. The fraction of sp³-hybridized carbons (Fsp3) is 0.214. The lowest BCUT2D eigenvalue weighted by atomic mass is 9.77. The lowest BCUT2D eigenvalue weighted by Crippen LogP contribution is -2.50. The van der Waals surface area contributed by atoms with Gasteiger partial charge in [0, 0.05) is 18.3 Å². The minimum Gasteiger partial charge on any atom is -0.370 e. The SMILES string of the molecule is O=S(=O)(O)O[C@H]1[C@H](OCc2cccc(C(F)(F)F)c2)[C@@H](c2cc[nH]c2)C=C(c2cccc3ccccc23)[C@H]1OS(=O)(=O)O. The molecular weight excluding hydrogens is 615 g/mol. The lowest BCUT2D eigenvalue weighted by molar-refractivity contribution is -0.137. The van der Waals surface area contributed by atoms with Crippen molar-refractivity contribution in [3.8, 4) is 0 Å². The summed E-state index contributed by atoms with van der Waals surface area (Å²) in [5.41, 5.74) is 0.0852. The van der Waals surface area contributed by atoms with Crippen LogP contribution < -0.4 is 0 Å². The molecule has 228 valence electrons. The van der Waals surface area contributed by atoms with Crippen molar-refractivity contribution >= 4 is 37.1 Å². The molecule has 0 fully saturated rings. The second-order valence-electron chi connectivity index (χ2n) is 9.73. The molecular formula is C28H24F3NO9S2. The molecule has 15 heteroatoms. The van der Waals surface area contributed by atoms with Gasteiger partial charge < -0.3 is 9.72 Å². The first-order valence-corrected chi connectivity index (χ1v) is 15.3. The van der Waals surface area contributed by atoms with Gasteiger partial charge in [-0.15, -0.1) is 0 Å². The van der Waals surface area contributed by atoms with E-state index < -0.39 is 63.4 Å². The Kier molecular flexibility index (Phi) is 8.50. The maximum Gasteiger partial charge on any atom is 0.416 e. The van der Waals surface area contributed by atoms with Crippen LogP contribution in [0.15, 0.2) is 91.3 Å². The van der Waals surface area contributed by atoms with Crippen molar-refractivity contribution in [2.75, 3.05) is 0 Å². The number of halogens is 3. The van der Waals surface area contributed by atoms with Crippen molar-refractivity contribution in [1.82, 2.24) is 4.98 Å². The number of aromatic nitrogens is 1. The van der Waals surface area contributed by atoms with Crippen molar-refractivity contribution in [2.45, 2.75) is 37.0 Å². The van der Waals surface area contributed by atoms with Gasteiger partial charge in [0.1, 0.15) is 12.2 Å². The molecule has 0 saturated carbocycles. The first-order valence-electron chi connectivity index (χ1n) is 12.6. The maximum atomic E-state index is 13.3. The Hall–Kier alpha value is -3.57. The lowest BCUT2D eigenvalue weighted by Gasteiger charge is -2.40. The number of alkyl halides is 3. The average Bonchev–Trinajstić information content (AvgIpc) is 3.46. The first-order chi connectivity index (χ1) is 20.2. The predicted molar refractivity (Wildman–Crippen MR) is 148 cm³/mol. The number of nitrogens with one attached hydrogen (secondary N) is 1. The van der Waals surface area contributed by atoms with E-state index in [1.54, 1.807) is 67.0 Å². The number of ether oxygens (including phenoxy) is 1. The summed E-state index contributed by atoms with van der Waals surface area (Å²) in [6.45, 7) is -0.503. The number of hydrogen-bond donors (Lipinski definition) is 3. The molecule has 0 amide bonds. The predicted octanol–water partition coefficient (Wildman–Crippen LogP) is 5.33. The van der Waals surface area contributed by atoms with E-state index in [0.29, 0.717) is 16.5 Å². The zero-order chi connectivity index (χ0) is 31.0. The van der Waals surface area contributed by atoms with Gasteiger partial charge in [0.15, 0.2) is 0 Å². The van der Waals surface area contributed by atoms with Crippen LogP contribution in [0.4, 0.5) is 13.2 Å². The van der Waals surface area contributed by atoms with Crippen LogP contribution in [-0.4, -0.2) is 49.2 Å². The Balaban J connectivity index is 1.68. The molecule has 4 atom stereocenters. The van der Waals surface area contributed by atoms with Crippen molar-refractivity contribution in [1.29, 1.82) is 0 Å². The molecule has 3 aromatic carbocycles. The van der Waals surface area contributed by atoms with Gasteiger partial charge in [-0.25, -0.2) is 8.37 Å². The Morgan fingerprint density at radius 1 is 0.837 bits per heavy atom. The monoisotopic (exact) mass is 639 g/mol. The topological polar surface area (TPSA) is 152 Å². The van der Waals surface area contributed by atoms with Crippen molar-refractivity contribution in [2.24, 2.45) is 0 Å². The summed E-state index contributed by atoms with van der Waals surface area (Å²) in [5, 5.41) is 1.35. The molecule has 0 unspecified atom stereocenters. The third kappa shape index (κ3) is 7.33. The largest absolute Gasteiger partial charge is 0.416 e. The van der Waals surface area contributed by atoms with E-state index in [-0.39, 0.29) is 11.1 Å². The van der Waals surface area contributed by atoms with Crippen LogP contribution >= 0.6 is 0 Å². The van der Waals surface area contributed by atoms with E-state index in [1.807, 2.05) is 0 Å². The summed E-state index contributed by atoms with van der Waals surface area (Å²) in [4.78, 5) is 2.86. The molecule has 1 aromatic heterocycles. The summed E-state index contributed by atoms with van der Waals surface area (Å²) in [5.74, 6) is -0.918. The fourth-order valence-corrected chi connectivity index (χ4v) is 6.16. The average molecular weight is 640 g/mol. The number of fused-ring (bicyclic) bond motifs is 1. The fourth-order valence-electron chi connectivity index (χ4n) is 5.20. The highest BCUT2D eigenvalue weighted by Crippen LogP contribution is 2.43. The highest BCUT2D eigenvalue weighted by Gasteiger charge is 2.48. The van der Waals surface area contributed by atoms with Gasteiger partial charge in [0.05, 0.1) is 18.3 Å². The van der Waals surface area contributed by atoms with Gasteiger partial charge in [-0.05, 0) is 51.2 Å². The second kappa shape index (κ2) is 11.8. The number of aromatic amines is 1. The highest BCUT2D eigenvalue weighted by atomic mass is 32.3. The van der Waals surface area contributed by atoms with E-state index in [4.69, 9.17) is 13.1 Å². The number of hydrogen-bond acceptors (Lipinski definition) is 7. The molecule has 5 rings (SSSR count). The first kappa shape index (κ1) is 30.9. The molecule has 10 nitrogen and oxygen atoms in total. The molecule has 0 saturated heterocycles. The zero-order valence-corrected chi connectivity index (χ0v) is 23.5. The smallest absolute Gasteiger partial charge is 0.370 e. The summed E-state index contributed by atoms with van der Waals surface area (Å²) >= 11 is 0. The molecule has 0 spiro atoms. The van der Waals surface area contributed by atoms with Crippen LogP contribution in [0.3, 0.4) is 0 Å². The summed E-state index contributed by atoms with van der Waals surface area (Å²) in [7, 11) is -10.6. The number of benzene rings is 3. The summed E-state index contributed by atoms with van der Waals surface area (Å²) in [6, 6.07) is 18.0. The van der Waals surface area contributed by atoms with E-state index in [0.717, 1.165) is 17.5 Å². The quantitative estimate of drug-likeness (QED) is 0.206. The Bertz CT molecular complexity index is 1850. The third-order valence-electron chi connectivity index (χ3n) is 6.90. The van der Waals surface area contributed by atoms with Crippen molar-refractivity contribution in [3.05, 3.63) is 114 Å². The molecule has 4 aromatic rings. The maximum absolute atomic E-state index is 13.3. The van der Waals surface area contributed by atoms with Crippen molar-refractivity contribution < 1.29 is 52.2 Å². The van der Waals surface area contributed by atoms with Crippen LogP contribution in [0.2, 0.25) is 0 Å². The Labute approximate surface area is 244 Å². The van der Waals surface area contributed by atoms with Gasteiger partial charge in [-0.2, -0.15) is 30.0 Å². The molecule has 1 aliphatic rings.